The minimum absolute atomic E-state index is 0.0902. The summed E-state index contributed by atoms with van der Waals surface area (Å²) >= 11 is 0. The number of nitrogens with zero attached hydrogens (tertiary/aromatic N) is 2. The second kappa shape index (κ2) is 11.6. The monoisotopic (exact) mass is 542 g/mol. The number of sulfonamides is 1. The predicted octanol–water partition coefficient (Wildman–Crippen LogP) is 2.55. The number of furan rings is 1. The summed E-state index contributed by atoms with van der Waals surface area (Å²) < 4.78 is 33.0. The van der Waals surface area contributed by atoms with Crippen molar-refractivity contribution in [3.63, 3.8) is 0 Å². The first-order valence-electron chi connectivity index (χ1n) is 12.8. The van der Waals surface area contributed by atoms with E-state index in [0.717, 1.165) is 5.39 Å². The van der Waals surface area contributed by atoms with E-state index in [4.69, 9.17) is 4.42 Å². The molecule has 4 atom stereocenters. The van der Waals surface area contributed by atoms with Crippen molar-refractivity contribution in [3.8, 4) is 0 Å². The van der Waals surface area contributed by atoms with Gasteiger partial charge in [-0.05, 0) is 48.9 Å². The Bertz CT molecular complexity index is 1340. The molecule has 0 saturated carbocycles. The molecule has 3 heterocycles. The predicted molar refractivity (Wildman–Crippen MR) is 142 cm³/mol. The van der Waals surface area contributed by atoms with Crippen molar-refractivity contribution in [1.82, 2.24) is 19.9 Å². The molecule has 3 N–H and O–H groups in total. The summed E-state index contributed by atoms with van der Waals surface area (Å²) in [5, 5.41) is 17.4. The van der Waals surface area contributed by atoms with E-state index >= 15 is 0 Å². The summed E-state index contributed by atoms with van der Waals surface area (Å²) in [6.45, 7) is 5.74. The van der Waals surface area contributed by atoms with Gasteiger partial charge in [0.15, 0.2) is 10.8 Å². The molecule has 11 heteroatoms. The highest BCUT2D eigenvalue weighted by Crippen LogP contribution is 2.24. The van der Waals surface area contributed by atoms with Gasteiger partial charge in [0.2, 0.25) is 5.91 Å². The molecule has 38 heavy (non-hydrogen) atoms. The summed E-state index contributed by atoms with van der Waals surface area (Å²) in [5.41, 5.74) is 0.572. The van der Waals surface area contributed by atoms with Gasteiger partial charge in [0.1, 0.15) is 11.6 Å². The molecule has 4 rings (SSSR count). The van der Waals surface area contributed by atoms with E-state index in [1.165, 1.54) is 16.6 Å². The molecule has 1 saturated heterocycles. The van der Waals surface area contributed by atoms with Gasteiger partial charge in [-0.25, -0.2) is 13.4 Å². The smallest absolute Gasteiger partial charge is 0.287 e. The number of para-hydroxylation sites is 1. The Kier molecular flexibility index (Phi) is 8.49. The zero-order valence-corrected chi connectivity index (χ0v) is 22.5. The first kappa shape index (κ1) is 27.7. The Morgan fingerprint density at radius 1 is 1.18 bits per heavy atom. The second-order valence-corrected chi connectivity index (χ2v) is 12.1. The van der Waals surface area contributed by atoms with Gasteiger partial charge in [-0.15, -0.1) is 0 Å². The molecule has 1 aromatic carbocycles. The summed E-state index contributed by atoms with van der Waals surface area (Å²) in [6.07, 6.45) is 1.05. The highest BCUT2D eigenvalue weighted by atomic mass is 32.2. The van der Waals surface area contributed by atoms with Crippen molar-refractivity contribution in [2.75, 3.05) is 13.1 Å². The number of carbonyl (C=O) groups excluding carboxylic acids is 2. The molecule has 0 bridgehead atoms. The lowest BCUT2D eigenvalue weighted by Crippen LogP contribution is -2.55. The lowest BCUT2D eigenvalue weighted by Gasteiger charge is -2.30. The Hall–Kier alpha value is -3.28. The number of aromatic nitrogens is 1. The van der Waals surface area contributed by atoms with Crippen LogP contribution in [0.2, 0.25) is 0 Å². The number of amides is 2. The number of β-amino-alcohol motifs (C(OH)–C–C–N with tert-alkyl or cyclic N) is 1. The number of fused-ring (bicyclic) bond motifs is 1. The Labute approximate surface area is 222 Å². The average molecular weight is 543 g/mol. The minimum Gasteiger partial charge on any atom is -0.451 e. The Balaban J connectivity index is 1.47. The van der Waals surface area contributed by atoms with Crippen molar-refractivity contribution in [3.05, 3.63) is 60.5 Å². The quantitative estimate of drug-likeness (QED) is 0.397. The van der Waals surface area contributed by atoms with E-state index in [1.807, 2.05) is 39.0 Å². The molecule has 1 fully saturated rings. The molecule has 0 aliphatic carbocycles. The highest BCUT2D eigenvalue weighted by molar-refractivity contribution is 7.89. The van der Waals surface area contributed by atoms with Gasteiger partial charge < -0.3 is 20.2 Å². The number of pyridine rings is 1. The van der Waals surface area contributed by atoms with E-state index in [0.29, 0.717) is 18.4 Å². The number of aliphatic hydroxyl groups is 1. The second-order valence-electron chi connectivity index (χ2n) is 10.2. The van der Waals surface area contributed by atoms with Crippen LogP contribution < -0.4 is 10.6 Å². The van der Waals surface area contributed by atoms with Crippen LogP contribution in [0.15, 0.2) is 64.2 Å². The maximum Gasteiger partial charge on any atom is 0.287 e. The third kappa shape index (κ3) is 6.23. The SMILES string of the molecule is CC(C)C[C@H](NC(=O)c1cc2ccccc2o1)C(=O)NC1C(C)CCN(S(=O)(=O)c2ccccn2)CC1O. The molecule has 0 radical (unpaired) electrons. The van der Waals surface area contributed by atoms with Crippen molar-refractivity contribution < 1.29 is 27.5 Å². The van der Waals surface area contributed by atoms with Gasteiger partial charge in [-0.3, -0.25) is 9.59 Å². The Morgan fingerprint density at radius 2 is 1.92 bits per heavy atom. The normalized spacial score (nSPS) is 21.7. The van der Waals surface area contributed by atoms with Crippen LogP contribution in [0.3, 0.4) is 0 Å². The molecule has 0 spiro atoms. The molecule has 3 aromatic rings. The lowest BCUT2D eigenvalue weighted by atomic mass is 9.94. The van der Waals surface area contributed by atoms with Crippen LogP contribution >= 0.6 is 0 Å². The summed E-state index contributed by atoms with van der Waals surface area (Å²) in [5.74, 6) is -0.976. The van der Waals surface area contributed by atoms with E-state index in [-0.39, 0.29) is 35.7 Å². The Morgan fingerprint density at radius 3 is 2.61 bits per heavy atom. The number of hydrogen-bond donors (Lipinski definition) is 3. The fourth-order valence-corrected chi connectivity index (χ4v) is 6.10. The molecular formula is C27H34N4O6S. The van der Waals surface area contributed by atoms with Gasteiger partial charge in [0, 0.05) is 24.7 Å². The van der Waals surface area contributed by atoms with E-state index in [2.05, 4.69) is 15.6 Å². The molecule has 1 aliphatic rings. The molecule has 204 valence electrons. The van der Waals surface area contributed by atoms with Gasteiger partial charge in [-0.1, -0.05) is 45.0 Å². The van der Waals surface area contributed by atoms with E-state index < -0.39 is 40.0 Å². The molecule has 2 aromatic heterocycles. The first-order chi connectivity index (χ1) is 18.1. The summed E-state index contributed by atoms with van der Waals surface area (Å²) in [4.78, 5) is 30.3. The molecule has 2 amide bonds. The zero-order valence-electron chi connectivity index (χ0n) is 21.7. The van der Waals surface area contributed by atoms with Crippen molar-refractivity contribution >= 4 is 32.8 Å². The van der Waals surface area contributed by atoms with E-state index in [1.54, 1.807) is 24.3 Å². The van der Waals surface area contributed by atoms with Gasteiger partial charge in [0.05, 0.1) is 12.1 Å². The fraction of sp³-hybridized carbons (Fsp3) is 0.444. The van der Waals surface area contributed by atoms with Crippen LogP contribution in [-0.4, -0.2) is 65.9 Å². The standard InChI is InChI=1S/C27H34N4O6S/c1-17(2)14-20(29-27(34)23-15-19-8-4-5-9-22(19)37-23)26(33)30-25-18(3)11-13-31(16-21(25)32)38(35,36)24-10-6-7-12-28-24/h4-10,12,15,17-18,20-21,25,32H,11,13-14,16H2,1-3H3,(H,29,34)(H,30,33)/t18?,20-,21?,25?/m0/s1. The summed E-state index contributed by atoms with van der Waals surface area (Å²) in [7, 11) is -3.90. The molecule has 1 aliphatic heterocycles. The largest absolute Gasteiger partial charge is 0.451 e. The van der Waals surface area contributed by atoms with Crippen molar-refractivity contribution in [2.45, 2.75) is 56.8 Å². The van der Waals surface area contributed by atoms with E-state index in [9.17, 15) is 23.1 Å². The molecular weight excluding hydrogens is 508 g/mol. The number of hydrogen-bond acceptors (Lipinski definition) is 7. The van der Waals surface area contributed by atoms with Crippen LogP contribution in [0.25, 0.3) is 11.0 Å². The number of rotatable bonds is 8. The van der Waals surface area contributed by atoms with Crippen LogP contribution in [0.5, 0.6) is 0 Å². The average Bonchev–Trinajstić information content (AvgIpc) is 3.27. The molecule has 3 unspecified atom stereocenters. The van der Waals surface area contributed by atoms with Gasteiger partial charge in [0.25, 0.3) is 15.9 Å². The van der Waals surface area contributed by atoms with Gasteiger partial charge in [-0.2, -0.15) is 4.31 Å². The van der Waals surface area contributed by atoms with Crippen molar-refractivity contribution in [1.29, 1.82) is 0 Å². The number of nitrogens with one attached hydrogen (secondary N) is 2. The van der Waals surface area contributed by atoms with Crippen LogP contribution in [0.1, 0.15) is 44.2 Å². The number of carbonyl (C=O) groups is 2. The number of benzene rings is 1. The van der Waals surface area contributed by atoms with Crippen LogP contribution in [-0.2, 0) is 14.8 Å². The topological polar surface area (TPSA) is 142 Å². The highest BCUT2D eigenvalue weighted by Gasteiger charge is 2.38. The molecule has 10 nitrogen and oxygen atoms in total. The zero-order chi connectivity index (χ0) is 27.4. The fourth-order valence-electron chi connectivity index (χ4n) is 4.70. The summed E-state index contributed by atoms with van der Waals surface area (Å²) in [6, 6.07) is 11.9. The van der Waals surface area contributed by atoms with Crippen LogP contribution in [0, 0.1) is 11.8 Å². The van der Waals surface area contributed by atoms with Crippen molar-refractivity contribution in [2.24, 2.45) is 11.8 Å². The first-order valence-corrected chi connectivity index (χ1v) is 14.2. The van der Waals surface area contributed by atoms with Crippen LogP contribution in [0.4, 0.5) is 0 Å². The maximum atomic E-state index is 13.4. The maximum absolute atomic E-state index is 13.4. The minimum atomic E-state index is -3.90. The third-order valence-electron chi connectivity index (χ3n) is 6.78. The third-order valence-corrected chi connectivity index (χ3v) is 8.56. The lowest BCUT2D eigenvalue weighted by molar-refractivity contribution is -0.125. The van der Waals surface area contributed by atoms with Gasteiger partial charge >= 0.3 is 0 Å². The number of aliphatic hydroxyl groups excluding tert-OH is 1.